The second-order valence-electron chi connectivity index (χ2n) is 5.45. The summed E-state index contributed by atoms with van der Waals surface area (Å²) in [7, 11) is 1.44. The van der Waals surface area contributed by atoms with Gasteiger partial charge in [0.15, 0.2) is 18.3 Å². The number of rotatable bonds is 6. The molecule has 1 heterocycles. The summed E-state index contributed by atoms with van der Waals surface area (Å²) in [4.78, 5) is 34.9. The normalized spacial score (nSPS) is 21.3. The van der Waals surface area contributed by atoms with Crippen molar-refractivity contribution in [2.24, 2.45) is 0 Å². The SMILES string of the molecule is COc1ccccc1C(=O)O[C@@H]1C=CO[C@H](COC(C)=O)[C@H]1OC(C)=O. The highest BCUT2D eigenvalue weighted by atomic mass is 16.6. The molecule has 0 saturated carbocycles. The van der Waals surface area contributed by atoms with Gasteiger partial charge < -0.3 is 23.7 Å². The minimum absolute atomic E-state index is 0.152. The Hall–Kier alpha value is -3.03. The molecule has 140 valence electrons. The zero-order chi connectivity index (χ0) is 19.1. The number of carbonyl (C=O) groups excluding carboxylic acids is 3. The highest BCUT2D eigenvalue weighted by molar-refractivity contribution is 5.92. The van der Waals surface area contributed by atoms with Crippen LogP contribution in [0.5, 0.6) is 5.75 Å². The van der Waals surface area contributed by atoms with Gasteiger partial charge in [-0.25, -0.2) is 4.79 Å². The summed E-state index contributed by atoms with van der Waals surface area (Å²) in [5.74, 6) is -1.39. The molecule has 0 unspecified atom stereocenters. The molecule has 0 spiro atoms. The van der Waals surface area contributed by atoms with E-state index in [2.05, 4.69) is 0 Å². The molecular formula is C18H20O8. The number of para-hydroxylation sites is 1. The van der Waals surface area contributed by atoms with E-state index in [0.29, 0.717) is 5.75 Å². The third kappa shape index (κ3) is 4.98. The zero-order valence-electron chi connectivity index (χ0n) is 14.7. The molecule has 8 nitrogen and oxygen atoms in total. The van der Waals surface area contributed by atoms with E-state index in [-0.39, 0.29) is 12.2 Å². The molecule has 0 fully saturated rings. The summed E-state index contributed by atoms with van der Waals surface area (Å²) in [5.41, 5.74) is 0.230. The number of carbonyl (C=O) groups is 3. The highest BCUT2D eigenvalue weighted by Crippen LogP contribution is 2.24. The van der Waals surface area contributed by atoms with Gasteiger partial charge in [-0.05, 0) is 18.2 Å². The standard InChI is InChI=1S/C18H20O8/c1-11(19)24-10-16-17(25-12(2)20)15(8-9-23-16)26-18(21)13-6-4-5-7-14(13)22-3/h4-9,15-17H,10H2,1-3H3/t15-,16-,17+/m1/s1. The Morgan fingerprint density at radius 1 is 1.08 bits per heavy atom. The molecule has 0 saturated heterocycles. The maximum absolute atomic E-state index is 12.5. The Kier molecular flexibility index (Phi) is 6.60. The fourth-order valence-electron chi connectivity index (χ4n) is 2.40. The number of methoxy groups -OCH3 is 1. The number of hydrogen-bond acceptors (Lipinski definition) is 8. The Morgan fingerprint density at radius 3 is 2.46 bits per heavy atom. The van der Waals surface area contributed by atoms with E-state index in [1.54, 1.807) is 24.3 Å². The van der Waals surface area contributed by atoms with Crippen molar-refractivity contribution in [1.29, 1.82) is 0 Å². The predicted octanol–water partition coefficient (Wildman–Crippen LogP) is 1.63. The van der Waals surface area contributed by atoms with Crippen molar-refractivity contribution < 1.29 is 38.1 Å². The molecule has 0 N–H and O–H groups in total. The maximum Gasteiger partial charge on any atom is 0.342 e. The molecule has 1 aromatic rings. The van der Waals surface area contributed by atoms with Crippen LogP contribution in [0.4, 0.5) is 0 Å². The van der Waals surface area contributed by atoms with Gasteiger partial charge in [0.1, 0.15) is 17.9 Å². The predicted molar refractivity (Wildman–Crippen MR) is 88.4 cm³/mol. The molecule has 0 amide bonds. The van der Waals surface area contributed by atoms with E-state index >= 15 is 0 Å². The van der Waals surface area contributed by atoms with E-state index in [4.69, 9.17) is 23.7 Å². The monoisotopic (exact) mass is 364 g/mol. The van der Waals surface area contributed by atoms with Crippen molar-refractivity contribution in [3.05, 3.63) is 42.2 Å². The molecule has 2 rings (SSSR count). The van der Waals surface area contributed by atoms with Gasteiger partial charge in [0, 0.05) is 13.8 Å². The first-order valence-electron chi connectivity index (χ1n) is 7.89. The molecule has 0 aromatic heterocycles. The summed E-state index contributed by atoms with van der Waals surface area (Å²) in [6, 6.07) is 6.58. The summed E-state index contributed by atoms with van der Waals surface area (Å²) >= 11 is 0. The lowest BCUT2D eigenvalue weighted by Gasteiger charge is -2.33. The van der Waals surface area contributed by atoms with Gasteiger partial charge in [0.25, 0.3) is 0 Å². The summed E-state index contributed by atoms with van der Waals surface area (Å²) < 4.78 is 26.1. The van der Waals surface area contributed by atoms with Crippen LogP contribution in [-0.4, -0.2) is 49.9 Å². The second kappa shape index (κ2) is 8.89. The first kappa shape index (κ1) is 19.3. The smallest absolute Gasteiger partial charge is 0.342 e. The average molecular weight is 364 g/mol. The molecule has 0 aliphatic carbocycles. The molecule has 8 heteroatoms. The van der Waals surface area contributed by atoms with Crippen LogP contribution in [0.1, 0.15) is 24.2 Å². The highest BCUT2D eigenvalue weighted by Gasteiger charge is 2.38. The topological polar surface area (TPSA) is 97.4 Å². The minimum Gasteiger partial charge on any atom is -0.496 e. The van der Waals surface area contributed by atoms with Crippen LogP contribution < -0.4 is 4.74 Å². The molecule has 0 bridgehead atoms. The second-order valence-corrected chi connectivity index (χ2v) is 5.45. The van der Waals surface area contributed by atoms with Crippen LogP contribution in [0, 0.1) is 0 Å². The Bertz CT molecular complexity index is 696. The summed E-state index contributed by atoms with van der Waals surface area (Å²) in [5, 5.41) is 0. The molecule has 0 radical (unpaired) electrons. The van der Waals surface area contributed by atoms with Crippen LogP contribution in [0.3, 0.4) is 0 Å². The lowest BCUT2D eigenvalue weighted by Crippen LogP contribution is -2.47. The summed E-state index contributed by atoms with van der Waals surface area (Å²) in [6.07, 6.45) is 0.0869. The van der Waals surface area contributed by atoms with Crippen molar-refractivity contribution in [2.45, 2.75) is 32.2 Å². The molecule has 1 aliphatic rings. The van der Waals surface area contributed by atoms with Gasteiger partial charge in [-0.1, -0.05) is 12.1 Å². The largest absolute Gasteiger partial charge is 0.496 e. The lowest BCUT2D eigenvalue weighted by atomic mass is 10.1. The van der Waals surface area contributed by atoms with Crippen LogP contribution in [0.25, 0.3) is 0 Å². The summed E-state index contributed by atoms with van der Waals surface area (Å²) in [6.45, 7) is 2.32. The molecule has 3 atom stereocenters. The van der Waals surface area contributed by atoms with Crippen LogP contribution in [0.15, 0.2) is 36.6 Å². The fourth-order valence-corrected chi connectivity index (χ4v) is 2.40. The van der Waals surface area contributed by atoms with Gasteiger partial charge in [0.2, 0.25) is 0 Å². The quantitative estimate of drug-likeness (QED) is 0.555. The zero-order valence-corrected chi connectivity index (χ0v) is 14.7. The average Bonchev–Trinajstić information content (AvgIpc) is 2.61. The molecule has 1 aromatic carbocycles. The van der Waals surface area contributed by atoms with E-state index in [1.807, 2.05) is 0 Å². The van der Waals surface area contributed by atoms with Crippen molar-refractivity contribution in [3.63, 3.8) is 0 Å². The third-order valence-corrected chi connectivity index (χ3v) is 3.53. The Labute approximate surface area is 150 Å². The van der Waals surface area contributed by atoms with Gasteiger partial charge in [-0.2, -0.15) is 0 Å². The van der Waals surface area contributed by atoms with Gasteiger partial charge >= 0.3 is 17.9 Å². The maximum atomic E-state index is 12.5. The first-order valence-corrected chi connectivity index (χ1v) is 7.89. The van der Waals surface area contributed by atoms with Crippen molar-refractivity contribution in [1.82, 2.24) is 0 Å². The molecular weight excluding hydrogens is 344 g/mol. The third-order valence-electron chi connectivity index (χ3n) is 3.53. The van der Waals surface area contributed by atoms with Gasteiger partial charge in [-0.3, -0.25) is 9.59 Å². The van der Waals surface area contributed by atoms with Crippen molar-refractivity contribution in [2.75, 3.05) is 13.7 Å². The number of ether oxygens (including phenoxy) is 5. The number of hydrogen-bond donors (Lipinski definition) is 0. The van der Waals surface area contributed by atoms with Crippen LogP contribution in [0.2, 0.25) is 0 Å². The Balaban J connectivity index is 2.17. The van der Waals surface area contributed by atoms with E-state index < -0.39 is 36.2 Å². The Morgan fingerprint density at radius 2 is 1.81 bits per heavy atom. The molecule has 26 heavy (non-hydrogen) atoms. The fraction of sp³-hybridized carbons (Fsp3) is 0.389. The van der Waals surface area contributed by atoms with E-state index in [9.17, 15) is 14.4 Å². The lowest BCUT2D eigenvalue weighted by molar-refractivity contribution is -0.169. The van der Waals surface area contributed by atoms with Crippen LogP contribution >= 0.6 is 0 Å². The van der Waals surface area contributed by atoms with Gasteiger partial charge in [0.05, 0.1) is 13.4 Å². The van der Waals surface area contributed by atoms with Crippen LogP contribution in [-0.2, 0) is 28.5 Å². The van der Waals surface area contributed by atoms with E-state index in [0.717, 1.165) is 0 Å². The van der Waals surface area contributed by atoms with Crippen molar-refractivity contribution in [3.8, 4) is 5.75 Å². The number of esters is 3. The number of benzene rings is 1. The van der Waals surface area contributed by atoms with E-state index in [1.165, 1.54) is 33.3 Å². The first-order chi connectivity index (χ1) is 12.4. The minimum atomic E-state index is -0.962. The van der Waals surface area contributed by atoms with Crippen molar-refractivity contribution >= 4 is 17.9 Å². The molecule has 1 aliphatic heterocycles. The van der Waals surface area contributed by atoms with Gasteiger partial charge in [-0.15, -0.1) is 0 Å².